The largest absolute Gasteiger partial charge is 0.454 e. The van der Waals surface area contributed by atoms with E-state index in [1.54, 1.807) is 24.3 Å². The third kappa shape index (κ3) is 3.41. The van der Waals surface area contributed by atoms with Crippen LogP contribution in [0.15, 0.2) is 57.6 Å². The molecule has 0 radical (unpaired) electrons. The molecule has 0 bridgehead atoms. The zero-order valence-corrected chi connectivity index (χ0v) is 18.7. The van der Waals surface area contributed by atoms with Gasteiger partial charge in [0.2, 0.25) is 6.79 Å². The van der Waals surface area contributed by atoms with E-state index in [2.05, 4.69) is 32.9 Å². The highest BCUT2D eigenvalue weighted by molar-refractivity contribution is 9.10. The van der Waals surface area contributed by atoms with Gasteiger partial charge in [-0.15, -0.1) is 11.7 Å². The molecular weight excluding hydrogens is 502 g/mol. The van der Waals surface area contributed by atoms with Gasteiger partial charge in [-0.1, -0.05) is 33.8 Å². The average Bonchev–Trinajstić information content (AvgIpc) is 3.23. The topological polar surface area (TPSA) is 119 Å². The van der Waals surface area contributed by atoms with Crippen LogP contribution in [0.2, 0.25) is 0 Å². The van der Waals surface area contributed by atoms with Crippen LogP contribution >= 0.6 is 27.7 Å². The van der Waals surface area contributed by atoms with Crippen LogP contribution in [0.3, 0.4) is 0 Å². The Bertz CT molecular complexity index is 1340. The second-order valence-corrected chi connectivity index (χ2v) is 8.76. The van der Waals surface area contributed by atoms with Crippen LogP contribution < -0.4 is 25.4 Å². The number of hydrazone groups is 1. The highest BCUT2D eigenvalue weighted by atomic mass is 79.9. The molecule has 12 heteroatoms. The number of carbonyl (C=O) groups is 1. The first kappa shape index (κ1) is 20.5. The fourth-order valence-electron chi connectivity index (χ4n) is 3.57. The lowest BCUT2D eigenvalue weighted by Crippen LogP contribution is -2.50. The minimum Gasteiger partial charge on any atom is -0.454 e. The van der Waals surface area contributed by atoms with E-state index >= 15 is 0 Å². The minimum atomic E-state index is -0.959. The van der Waals surface area contributed by atoms with E-state index in [1.165, 1.54) is 28.9 Å². The Morgan fingerprint density at radius 1 is 1.34 bits per heavy atom. The van der Waals surface area contributed by atoms with Gasteiger partial charge in [0.15, 0.2) is 22.8 Å². The molecule has 3 heterocycles. The van der Waals surface area contributed by atoms with Gasteiger partial charge >= 0.3 is 0 Å². The first-order chi connectivity index (χ1) is 15.5. The number of amidine groups is 1. The summed E-state index contributed by atoms with van der Waals surface area (Å²) in [5, 5.41) is 22.1. The molecule has 32 heavy (non-hydrogen) atoms. The van der Waals surface area contributed by atoms with E-state index in [-0.39, 0.29) is 35.4 Å². The number of halogens is 1. The molecule has 5 rings (SSSR count). The van der Waals surface area contributed by atoms with E-state index in [9.17, 15) is 14.9 Å². The summed E-state index contributed by atoms with van der Waals surface area (Å²) in [5.74, 6) is 0.799. The molecule has 0 aromatic heterocycles. The molecule has 162 valence electrons. The second kappa shape index (κ2) is 7.95. The van der Waals surface area contributed by atoms with Crippen molar-refractivity contribution in [2.75, 3.05) is 12.5 Å². The summed E-state index contributed by atoms with van der Waals surface area (Å²) < 4.78 is 11.5. The van der Waals surface area contributed by atoms with Crippen molar-refractivity contribution in [1.29, 1.82) is 0 Å². The molecule has 2 aromatic carbocycles. The maximum absolute atomic E-state index is 13.1. The quantitative estimate of drug-likeness (QED) is 0.376. The van der Waals surface area contributed by atoms with Gasteiger partial charge in [0, 0.05) is 15.4 Å². The Kier molecular flexibility index (Phi) is 5.10. The summed E-state index contributed by atoms with van der Waals surface area (Å²) >= 11 is 4.71. The Morgan fingerprint density at radius 2 is 2.12 bits per heavy atom. The number of nitro groups is 1. The monoisotopic (exact) mass is 515 g/mol. The summed E-state index contributed by atoms with van der Waals surface area (Å²) in [7, 11) is 0. The number of ether oxygens (including phenoxy) is 2. The van der Waals surface area contributed by atoms with Crippen LogP contribution in [0.5, 0.6) is 11.5 Å². The Hall–Kier alpha value is -3.38. The number of carbonyl (C=O) groups excluding carboxylic acids is 1. The average molecular weight is 516 g/mol. The molecule has 0 unspecified atom stereocenters. The third-order valence-corrected chi connectivity index (χ3v) is 6.26. The summed E-state index contributed by atoms with van der Waals surface area (Å²) in [6, 6.07) is 8.13. The fourth-order valence-corrected chi connectivity index (χ4v) is 4.52. The van der Waals surface area contributed by atoms with Crippen molar-refractivity contribution in [2.45, 2.75) is 6.17 Å². The van der Waals surface area contributed by atoms with Gasteiger partial charge in [-0.25, -0.2) is 5.01 Å². The van der Waals surface area contributed by atoms with Gasteiger partial charge in [-0.3, -0.25) is 25.2 Å². The molecule has 0 aliphatic carbocycles. The third-order valence-electron chi connectivity index (χ3n) is 4.90. The van der Waals surface area contributed by atoms with Gasteiger partial charge in [0.25, 0.3) is 11.6 Å². The van der Waals surface area contributed by atoms with Crippen LogP contribution in [0.1, 0.15) is 11.7 Å². The number of benzene rings is 2. The summed E-state index contributed by atoms with van der Waals surface area (Å²) in [6.45, 7) is 3.65. The van der Waals surface area contributed by atoms with Crippen molar-refractivity contribution in [3.05, 3.63) is 73.7 Å². The van der Waals surface area contributed by atoms with E-state index in [1.807, 2.05) is 0 Å². The molecule has 3 aliphatic heterocycles. The first-order valence-corrected chi connectivity index (χ1v) is 11.1. The van der Waals surface area contributed by atoms with Gasteiger partial charge in [-0.05, 0) is 24.3 Å². The minimum absolute atomic E-state index is 0.0292. The van der Waals surface area contributed by atoms with E-state index in [0.29, 0.717) is 27.2 Å². The van der Waals surface area contributed by atoms with E-state index in [4.69, 9.17) is 14.5 Å². The van der Waals surface area contributed by atoms with Crippen LogP contribution in [-0.2, 0) is 4.79 Å². The van der Waals surface area contributed by atoms with E-state index in [0.717, 1.165) is 4.47 Å². The second-order valence-electron chi connectivity index (χ2n) is 6.84. The van der Waals surface area contributed by atoms with Crippen LogP contribution in [0.4, 0.5) is 5.69 Å². The van der Waals surface area contributed by atoms with Gasteiger partial charge < -0.3 is 9.47 Å². The standard InChI is InChI=1S/C20H14BrN5O5S/c1-2-5-32-20-23-19(27)17-11-6-10(21)3-4-13(11)22-18(25(17)24-20)12-7-15-16(31-9-30-15)8-14(12)26(28)29/h2-4,6-8,18H,1,5,9H2,(H,23,24,27)/t18-/m1/s1. The lowest BCUT2D eigenvalue weighted by atomic mass is 10.1. The summed E-state index contributed by atoms with van der Waals surface area (Å²) in [6.07, 6.45) is 0.727. The number of hydrogen-bond acceptors (Lipinski definition) is 9. The molecule has 2 aromatic rings. The van der Waals surface area contributed by atoms with E-state index < -0.39 is 11.1 Å². The normalized spacial score (nSPS) is 18.2. The molecule has 1 atom stereocenters. The molecule has 1 N–H and O–H groups in total. The van der Waals surface area contributed by atoms with Gasteiger partial charge in [0.1, 0.15) is 5.70 Å². The van der Waals surface area contributed by atoms with Crippen molar-refractivity contribution >= 4 is 50.2 Å². The fraction of sp³-hybridized carbons (Fsp3) is 0.150. The number of amides is 1. The molecule has 0 saturated carbocycles. The smallest absolute Gasteiger partial charge is 0.280 e. The molecular formula is C20H14BrN5O5S. The predicted molar refractivity (Wildman–Crippen MR) is 120 cm³/mol. The Labute approximate surface area is 193 Å². The first-order valence-electron chi connectivity index (χ1n) is 9.35. The van der Waals surface area contributed by atoms with Crippen LogP contribution in [0, 0.1) is 10.1 Å². The maximum atomic E-state index is 13.1. The molecule has 0 spiro atoms. The van der Waals surface area contributed by atoms with Crippen molar-refractivity contribution in [3.63, 3.8) is 0 Å². The zero-order chi connectivity index (χ0) is 22.4. The Balaban J connectivity index is 1.76. The molecule has 0 saturated heterocycles. The van der Waals surface area contributed by atoms with Gasteiger partial charge in [-0.2, -0.15) is 0 Å². The number of hydrogen-bond donors (Lipinski definition) is 1. The molecule has 0 fully saturated rings. The highest BCUT2D eigenvalue weighted by Crippen LogP contribution is 2.43. The lowest BCUT2D eigenvalue weighted by molar-refractivity contribution is -0.386. The summed E-state index contributed by atoms with van der Waals surface area (Å²) in [4.78, 5) is 29.2. The Morgan fingerprint density at radius 3 is 2.88 bits per heavy atom. The lowest BCUT2D eigenvalue weighted by Gasteiger charge is -2.33. The van der Waals surface area contributed by atoms with Crippen LogP contribution in [-0.4, -0.2) is 33.6 Å². The van der Waals surface area contributed by atoms with Crippen molar-refractivity contribution in [2.24, 2.45) is 10.1 Å². The molecule has 1 amide bonds. The maximum Gasteiger partial charge on any atom is 0.280 e. The molecule has 3 aliphatic rings. The number of nitro benzene ring substituents is 1. The number of nitrogens with zero attached hydrogens (tertiary/aromatic N) is 4. The number of rotatable bonds is 4. The van der Waals surface area contributed by atoms with Crippen molar-refractivity contribution < 1.29 is 19.2 Å². The van der Waals surface area contributed by atoms with Crippen molar-refractivity contribution in [3.8, 4) is 11.5 Å². The van der Waals surface area contributed by atoms with Gasteiger partial charge in [0.05, 0.1) is 21.9 Å². The SMILES string of the molecule is C=CCSC1=NN2C(=c3cc(Br)ccc3=N[C@H]2c2cc3c(cc2[N+](=O)[O-])OCO3)C(=O)N1. The van der Waals surface area contributed by atoms with Crippen molar-refractivity contribution in [1.82, 2.24) is 10.3 Å². The summed E-state index contributed by atoms with van der Waals surface area (Å²) in [5.41, 5.74) is 0.275. The molecule has 10 nitrogen and oxygen atoms in total. The number of thioether (sulfide) groups is 1. The number of nitrogens with one attached hydrogen (secondary N) is 1. The number of fused-ring (bicyclic) bond motifs is 3. The predicted octanol–water partition coefficient (Wildman–Crippen LogP) is 2.15. The van der Waals surface area contributed by atoms with Crippen LogP contribution in [0.25, 0.3) is 5.70 Å². The zero-order valence-electron chi connectivity index (χ0n) is 16.3. The highest BCUT2D eigenvalue weighted by Gasteiger charge is 2.38.